The summed E-state index contributed by atoms with van der Waals surface area (Å²) in [6, 6.07) is 0. The summed E-state index contributed by atoms with van der Waals surface area (Å²) in [5.74, 6) is 5.96. The summed E-state index contributed by atoms with van der Waals surface area (Å²) in [6.45, 7) is 5.87. The third kappa shape index (κ3) is 21.4. The molecule has 0 saturated heterocycles. The first-order chi connectivity index (χ1) is 16.7. The van der Waals surface area contributed by atoms with Crippen LogP contribution in [0.4, 0.5) is 0 Å². The van der Waals surface area contributed by atoms with Crippen molar-refractivity contribution < 1.29 is 19.7 Å². The summed E-state index contributed by atoms with van der Waals surface area (Å²) in [4.78, 5) is 12.7. The molecular weight excluding hydrogens is 428 g/mol. The Bertz CT molecular complexity index is 496. The highest BCUT2D eigenvalue weighted by Gasteiger charge is 2.19. The molecule has 1 atom stereocenters. The van der Waals surface area contributed by atoms with Crippen LogP contribution in [-0.2, 0) is 9.53 Å². The molecule has 200 valence electrons. The Hall–Kier alpha value is -1.13. The van der Waals surface area contributed by atoms with Gasteiger partial charge in [0.15, 0.2) is 6.61 Å². The molecule has 6 nitrogen and oxygen atoms in total. The Labute approximate surface area is 210 Å². The van der Waals surface area contributed by atoms with E-state index in [1.54, 1.807) is 0 Å². The lowest BCUT2D eigenvalue weighted by molar-refractivity contribution is -0.147. The Morgan fingerprint density at radius 2 is 1.26 bits per heavy atom. The monoisotopic (exact) mass is 482 g/mol. The maximum absolute atomic E-state index is 12.7. The number of ether oxygens (including phenoxy) is 1. The molecular formula is C28H54N2O4. The molecule has 0 aliphatic rings. The molecule has 6 heteroatoms. The number of aliphatic hydroxyl groups is 2. The predicted molar refractivity (Wildman–Crippen MR) is 141 cm³/mol. The molecule has 0 radical (unpaired) electrons. The fourth-order valence-corrected chi connectivity index (χ4v) is 4.03. The number of aliphatic hydroxyl groups excluding tert-OH is 2. The standard InChI is InChI=1S/C28H54N2O4/c1-3-5-7-9-10-11-14-18-26(28(33)34-25-17-12-8-6-4-2)19-15-13-16-20-27(29-21-23-31)30-22-24-32/h26-27,29-32H,3-11,13-16,18-25H2,1-2H3. The van der Waals surface area contributed by atoms with Gasteiger partial charge in [0.05, 0.1) is 25.3 Å². The molecule has 0 amide bonds. The maximum Gasteiger partial charge on any atom is 0.309 e. The van der Waals surface area contributed by atoms with Crippen LogP contribution >= 0.6 is 0 Å². The minimum atomic E-state index is -0.0807. The molecule has 0 bridgehead atoms. The van der Waals surface area contributed by atoms with Gasteiger partial charge in [0.2, 0.25) is 0 Å². The number of carbonyl (C=O) groups excluding carboxylic acids is 1. The topological polar surface area (TPSA) is 90.8 Å². The van der Waals surface area contributed by atoms with Gasteiger partial charge in [-0.2, -0.15) is 0 Å². The van der Waals surface area contributed by atoms with Crippen LogP contribution in [-0.4, -0.2) is 55.3 Å². The van der Waals surface area contributed by atoms with Gasteiger partial charge in [0, 0.05) is 19.5 Å². The molecule has 34 heavy (non-hydrogen) atoms. The van der Waals surface area contributed by atoms with E-state index in [0.29, 0.717) is 13.1 Å². The molecule has 1 unspecified atom stereocenters. The summed E-state index contributed by atoms with van der Waals surface area (Å²) in [6.07, 6.45) is 17.7. The molecule has 0 saturated carbocycles. The number of unbranched alkanes of at least 4 members (excludes halogenated alkanes) is 10. The predicted octanol–water partition coefficient (Wildman–Crippen LogP) is 4.92. The van der Waals surface area contributed by atoms with Crippen molar-refractivity contribution >= 4 is 5.97 Å². The van der Waals surface area contributed by atoms with E-state index in [-0.39, 0.29) is 37.9 Å². The van der Waals surface area contributed by atoms with E-state index in [1.165, 1.54) is 38.5 Å². The summed E-state index contributed by atoms with van der Waals surface area (Å²) in [5.41, 5.74) is 0. The molecule has 0 aliphatic heterocycles. The van der Waals surface area contributed by atoms with Crippen LogP contribution in [0.5, 0.6) is 0 Å². The zero-order valence-electron chi connectivity index (χ0n) is 22.2. The number of rotatable bonds is 24. The largest absolute Gasteiger partial charge is 0.452 e. The van der Waals surface area contributed by atoms with Gasteiger partial charge in [-0.3, -0.25) is 15.4 Å². The summed E-state index contributed by atoms with van der Waals surface area (Å²) < 4.78 is 5.50. The molecule has 4 N–H and O–H groups in total. The second-order valence-corrected chi connectivity index (χ2v) is 9.22. The van der Waals surface area contributed by atoms with Crippen molar-refractivity contribution in [3.05, 3.63) is 0 Å². The molecule has 0 heterocycles. The Morgan fingerprint density at radius 1 is 0.735 bits per heavy atom. The first kappa shape index (κ1) is 32.9. The van der Waals surface area contributed by atoms with Crippen LogP contribution in [0.15, 0.2) is 0 Å². The van der Waals surface area contributed by atoms with Crippen molar-refractivity contribution in [1.29, 1.82) is 0 Å². The minimum Gasteiger partial charge on any atom is -0.452 e. The van der Waals surface area contributed by atoms with Crippen LogP contribution in [0, 0.1) is 17.8 Å². The average molecular weight is 483 g/mol. The third-order valence-corrected chi connectivity index (χ3v) is 6.11. The smallest absolute Gasteiger partial charge is 0.309 e. The lowest BCUT2D eigenvalue weighted by Gasteiger charge is -2.20. The van der Waals surface area contributed by atoms with Crippen LogP contribution in [0.1, 0.15) is 117 Å². The second kappa shape index (κ2) is 26.5. The number of hydrogen-bond donors (Lipinski definition) is 4. The van der Waals surface area contributed by atoms with E-state index >= 15 is 0 Å². The van der Waals surface area contributed by atoms with Gasteiger partial charge in [-0.15, -0.1) is 0 Å². The molecule has 0 rings (SSSR count). The molecule has 0 fully saturated rings. The molecule has 0 aromatic carbocycles. The van der Waals surface area contributed by atoms with Crippen LogP contribution < -0.4 is 10.6 Å². The Balaban J connectivity index is 4.38. The van der Waals surface area contributed by atoms with Gasteiger partial charge in [-0.1, -0.05) is 96.3 Å². The minimum absolute atomic E-state index is 0.0242. The summed E-state index contributed by atoms with van der Waals surface area (Å²) in [7, 11) is 0. The zero-order valence-corrected chi connectivity index (χ0v) is 22.2. The van der Waals surface area contributed by atoms with Crippen molar-refractivity contribution in [3.8, 4) is 11.8 Å². The van der Waals surface area contributed by atoms with Crippen LogP contribution in [0.3, 0.4) is 0 Å². The first-order valence-corrected chi connectivity index (χ1v) is 14.0. The molecule has 0 aromatic rings. The number of hydrogen-bond acceptors (Lipinski definition) is 6. The van der Waals surface area contributed by atoms with Crippen LogP contribution in [0.25, 0.3) is 0 Å². The Kier molecular flexibility index (Phi) is 25.6. The fraction of sp³-hybridized carbons (Fsp3) is 0.893. The second-order valence-electron chi connectivity index (χ2n) is 9.22. The maximum atomic E-state index is 12.7. The van der Waals surface area contributed by atoms with E-state index in [4.69, 9.17) is 14.9 Å². The van der Waals surface area contributed by atoms with Gasteiger partial charge in [-0.25, -0.2) is 0 Å². The zero-order chi connectivity index (χ0) is 25.1. The van der Waals surface area contributed by atoms with Crippen molar-refractivity contribution in [2.75, 3.05) is 32.9 Å². The van der Waals surface area contributed by atoms with E-state index in [9.17, 15) is 4.79 Å². The van der Waals surface area contributed by atoms with E-state index in [0.717, 1.165) is 64.2 Å². The van der Waals surface area contributed by atoms with Gasteiger partial charge >= 0.3 is 5.97 Å². The molecule has 0 spiro atoms. The van der Waals surface area contributed by atoms with Gasteiger partial charge in [0.25, 0.3) is 0 Å². The highest BCUT2D eigenvalue weighted by molar-refractivity contribution is 5.72. The SMILES string of the molecule is CCCCC#CCOC(=O)C(CCCCCCCCC)CCCCCC(NCCO)NCCO. The van der Waals surface area contributed by atoms with E-state index in [2.05, 4.69) is 36.3 Å². The molecule has 0 aliphatic carbocycles. The first-order valence-electron chi connectivity index (χ1n) is 14.0. The number of nitrogens with one attached hydrogen (secondary N) is 2. The summed E-state index contributed by atoms with van der Waals surface area (Å²) >= 11 is 0. The quantitative estimate of drug-likeness (QED) is 0.0676. The average Bonchev–Trinajstić information content (AvgIpc) is 2.85. The molecule has 0 aromatic heterocycles. The lowest BCUT2D eigenvalue weighted by Crippen LogP contribution is -2.44. The highest BCUT2D eigenvalue weighted by atomic mass is 16.5. The third-order valence-electron chi connectivity index (χ3n) is 6.11. The van der Waals surface area contributed by atoms with Crippen molar-refractivity contribution in [2.45, 2.75) is 123 Å². The van der Waals surface area contributed by atoms with Crippen LogP contribution in [0.2, 0.25) is 0 Å². The number of esters is 1. The Morgan fingerprint density at radius 3 is 1.85 bits per heavy atom. The summed E-state index contributed by atoms with van der Waals surface area (Å²) in [5, 5.41) is 24.6. The van der Waals surface area contributed by atoms with Gasteiger partial charge < -0.3 is 14.9 Å². The number of carbonyl (C=O) groups is 1. The fourth-order valence-electron chi connectivity index (χ4n) is 4.03. The van der Waals surface area contributed by atoms with E-state index in [1.807, 2.05) is 0 Å². The van der Waals surface area contributed by atoms with Crippen molar-refractivity contribution in [2.24, 2.45) is 5.92 Å². The normalized spacial score (nSPS) is 11.9. The highest BCUT2D eigenvalue weighted by Crippen LogP contribution is 2.20. The lowest BCUT2D eigenvalue weighted by atomic mass is 9.94. The van der Waals surface area contributed by atoms with Gasteiger partial charge in [-0.05, 0) is 25.7 Å². The van der Waals surface area contributed by atoms with Crippen molar-refractivity contribution in [1.82, 2.24) is 10.6 Å². The van der Waals surface area contributed by atoms with Crippen molar-refractivity contribution in [3.63, 3.8) is 0 Å². The van der Waals surface area contributed by atoms with Gasteiger partial charge in [0.1, 0.15) is 0 Å². The van der Waals surface area contributed by atoms with E-state index < -0.39 is 0 Å².